The van der Waals surface area contributed by atoms with Crippen LogP contribution in [0.4, 0.5) is 5.69 Å². The molecule has 2 aromatic carbocycles. The Morgan fingerprint density at radius 1 is 1.16 bits per heavy atom. The Morgan fingerprint density at radius 2 is 1.98 bits per heavy atom. The molecule has 3 aliphatic heterocycles. The number of benzene rings is 2. The Kier molecular flexibility index (Phi) is 6.29. The summed E-state index contributed by atoms with van der Waals surface area (Å²) in [7, 11) is 0. The molecule has 0 aliphatic carbocycles. The van der Waals surface area contributed by atoms with E-state index >= 15 is 0 Å². The van der Waals surface area contributed by atoms with Gasteiger partial charge in [0.1, 0.15) is 41.3 Å². The lowest BCUT2D eigenvalue weighted by Gasteiger charge is -2.28. The normalized spacial score (nSPS) is 24.1. The molecule has 12 heteroatoms. The van der Waals surface area contributed by atoms with Gasteiger partial charge in [0.15, 0.2) is 17.7 Å². The number of carbonyl (C=O) groups is 2. The Morgan fingerprint density at radius 3 is 2.74 bits per heavy atom. The zero-order valence-electron chi connectivity index (χ0n) is 23.7. The number of nitrogens with one attached hydrogen (secondary N) is 3. The molecule has 43 heavy (non-hydrogen) atoms. The van der Waals surface area contributed by atoms with Crippen LogP contribution < -0.4 is 20.7 Å². The van der Waals surface area contributed by atoms with Crippen molar-refractivity contribution in [3.8, 4) is 17.3 Å². The summed E-state index contributed by atoms with van der Waals surface area (Å²) in [5.74, 6) is -0.0479. The third-order valence-electron chi connectivity index (χ3n) is 8.37. The Labute approximate surface area is 246 Å². The maximum absolute atomic E-state index is 13.6. The standard InChI is InChI=1S/C31H31N5O7/c1-14(2)24(38)27(40)34-21-11-16-8-9-22-19(10-16)31(18-6-4-5-7-20(18)35-30(31)42-22)25-23(29-33-17(12-37)13-41-29)36-28(43-25)15(3)32-26(21)39/h4-10,13-15,21,24,30,35,37-38H,11-12H2,1-3H3,(H,32,39)(H,34,40)/t15?,21-,24-,30?,31-/m0/s1. The van der Waals surface area contributed by atoms with Gasteiger partial charge in [-0.15, -0.1) is 0 Å². The topological polar surface area (TPSA) is 172 Å². The van der Waals surface area contributed by atoms with Crippen LogP contribution >= 0.6 is 0 Å². The quantitative estimate of drug-likeness (QED) is 0.234. The lowest BCUT2D eigenvalue weighted by atomic mass is 9.72. The number of aliphatic hydroxyl groups is 2. The van der Waals surface area contributed by atoms with Crippen LogP contribution in [-0.2, 0) is 28.0 Å². The van der Waals surface area contributed by atoms with Crippen molar-refractivity contribution in [3.63, 3.8) is 0 Å². The van der Waals surface area contributed by atoms with Gasteiger partial charge in [0.2, 0.25) is 23.6 Å². The summed E-state index contributed by atoms with van der Waals surface area (Å²) in [4.78, 5) is 35.7. The summed E-state index contributed by atoms with van der Waals surface area (Å²) >= 11 is 0. The molecule has 7 rings (SSSR count). The average molecular weight is 586 g/mol. The first-order valence-electron chi connectivity index (χ1n) is 14.2. The number of anilines is 1. The first kappa shape index (κ1) is 27.2. The molecule has 4 bridgehead atoms. The van der Waals surface area contributed by atoms with E-state index in [9.17, 15) is 19.8 Å². The Bertz CT molecular complexity index is 1750. The van der Waals surface area contributed by atoms with Gasteiger partial charge >= 0.3 is 0 Å². The highest BCUT2D eigenvalue weighted by atomic mass is 16.5. The number of fused-ring (bicyclic) bond motifs is 4. The highest BCUT2D eigenvalue weighted by Gasteiger charge is 2.61. The van der Waals surface area contributed by atoms with Crippen molar-refractivity contribution in [1.82, 2.24) is 20.6 Å². The minimum atomic E-state index is -1.27. The second-order valence-corrected chi connectivity index (χ2v) is 11.5. The van der Waals surface area contributed by atoms with Crippen LogP contribution in [0, 0.1) is 5.92 Å². The summed E-state index contributed by atoms with van der Waals surface area (Å²) in [5, 5.41) is 29.2. The zero-order valence-corrected chi connectivity index (χ0v) is 23.7. The number of rotatable bonds is 5. The highest BCUT2D eigenvalue weighted by molar-refractivity contribution is 5.90. The third kappa shape index (κ3) is 4.12. The molecule has 2 aromatic heterocycles. The fourth-order valence-electron chi connectivity index (χ4n) is 6.16. The summed E-state index contributed by atoms with van der Waals surface area (Å²) in [5.41, 5.74) is 2.92. The van der Waals surface area contributed by atoms with Gasteiger partial charge in [0, 0.05) is 17.7 Å². The lowest BCUT2D eigenvalue weighted by Crippen LogP contribution is -2.52. The van der Waals surface area contributed by atoms with Crippen LogP contribution in [0.2, 0.25) is 0 Å². The molecule has 5 atom stereocenters. The maximum Gasteiger partial charge on any atom is 0.249 e. The molecule has 2 amide bonds. The van der Waals surface area contributed by atoms with E-state index in [2.05, 4.69) is 20.9 Å². The number of amides is 2. The van der Waals surface area contributed by atoms with E-state index in [-0.39, 0.29) is 30.7 Å². The molecule has 222 valence electrons. The maximum atomic E-state index is 13.6. The number of aliphatic hydroxyl groups excluding tert-OH is 2. The van der Waals surface area contributed by atoms with Crippen molar-refractivity contribution < 1.29 is 33.4 Å². The second-order valence-electron chi connectivity index (χ2n) is 11.5. The van der Waals surface area contributed by atoms with Gasteiger partial charge in [0.25, 0.3) is 0 Å². The van der Waals surface area contributed by atoms with Crippen LogP contribution in [0.15, 0.2) is 57.6 Å². The molecule has 3 aliphatic rings. The minimum Gasteiger partial charge on any atom is -0.469 e. The number of hydrogen-bond donors (Lipinski definition) is 5. The smallest absolute Gasteiger partial charge is 0.249 e. The SMILES string of the molecule is CC1NC(=O)[C@@H](NC(=O)[C@@H](O)C(C)C)Cc2ccc3c(c2)[C@@]2(c4ccccc4NC2O3)c2oc1nc2-c1nc(CO)co1. The van der Waals surface area contributed by atoms with Crippen LogP contribution in [0.25, 0.3) is 11.6 Å². The van der Waals surface area contributed by atoms with Crippen LogP contribution in [-0.4, -0.2) is 50.4 Å². The first-order valence-corrected chi connectivity index (χ1v) is 14.2. The molecule has 0 fully saturated rings. The molecule has 5 heterocycles. The van der Waals surface area contributed by atoms with Gasteiger partial charge in [-0.25, -0.2) is 9.97 Å². The number of aromatic nitrogens is 2. The van der Waals surface area contributed by atoms with Crippen molar-refractivity contribution in [2.45, 2.75) is 63.6 Å². The molecule has 0 radical (unpaired) electrons. The summed E-state index contributed by atoms with van der Waals surface area (Å²) in [6.07, 6.45) is -0.353. The average Bonchev–Trinajstić information content (AvgIpc) is 3.76. The number of hydrogen-bond acceptors (Lipinski definition) is 10. The number of ether oxygens (including phenoxy) is 1. The molecular weight excluding hydrogens is 554 g/mol. The van der Waals surface area contributed by atoms with E-state index in [1.807, 2.05) is 42.5 Å². The van der Waals surface area contributed by atoms with E-state index in [1.54, 1.807) is 20.8 Å². The molecule has 12 nitrogen and oxygen atoms in total. The Hall–Kier alpha value is -4.68. The molecule has 0 saturated heterocycles. The monoisotopic (exact) mass is 585 g/mol. The highest BCUT2D eigenvalue weighted by Crippen LogP contribution is 2.59. The van der Waals surface area contributed by atoms with Gasteiger partial charge in [-0.2, -0.15) is 0 Å². The predicted molar refractivity (Wildman–Crippen MR) is 152 cm³/mol. The van der Waals surface area contributed by atoms with Crippen molar-refractivity contribution in [2.24, 2.45) is 5.92 Å². The largest absolute Gasteiger partial charge is 0.469 e. The van der Waals surface area contributed by atoms with Gasteiger partial charge in [-0.3, -0.25) is 9.59 Å². The summed E-state index contributed by atoms with van der Waals surface area (Å²) < 4.78 is 18.9. The Balaban J connectivity index is 1.45. The van der Waals surface area contributed by atoms with Gasteiger partial charge in [-0.05, 0) is 36.1 Å². The van der Waals surface area contributed by atoms with Crippen LogP contribution in [0.1, 0.15) is 60.8 Å². The second kappa shape index (κ2) is 9.96. The lowest BCUT2D eigenvalue weighted by molar-refractivity contribution is -0.135. The molecular formula is C31H31N5O7. The first-order chi connectivity index (χ1) is 20.7. The van der Waals surface area contributed by atoms with E-state index in [0.717, 1.165) is 22.4 Å². The molecule has 0 saturated carbocycles. The van der Waals surface area contributed by atoms with E-state index < -0.39 is 41.6 Å². The predicted octanol–water partition coefficient (Wildman–Crippen LogP) is 2.54. The molecule has 5 N–H and O–H groups in total. The van der Waals surface area contributed by atoms with Crippen molar-refractivity contribution in [2.75, 3.05) is 5.32 Å². The zero-order chi connectivity index (χ0) is 30.0. The fraction of sp³-hybridized carbons (Fsp3) is 0.355. The van der Waals surface area contributed by atoms with E-state index in [0.29, 0.717) is 22.9 Å². The van der Waals surface area contributed by atoms with Crippen molar-refractivity contribution in [3.05, 3.63) is 82.8 Å². The van der Waals surface area contributed by atoms with Gasteiger partial charge in [-0.1, -0.05) is 44.2 Å². The summed E-state index contributed by atoms with van der Waals surface area (Å²) in [6.45, 7) is 4.87. The molecule has 1 spiro atoms. The molecule has 2 unspecified atom stereocenters. The third-order valence-corrected chi connectivity index (χ3v) is 8.37. The van der Waals surface area contributed by atoms with Crippen molar-refractivity contribution in [1.29, 1.82) is 0 Å². The van der Waals surface area contributed by atoms with Crippen LogP contribution in [0.5, 0.6) is 5.75 Å². The minimum absolute atomic E-state index is 0.150. The number of oxazole rings is 2. The number of nitrogens with zero attached hydrogens (tertiary/aromatic N) is 2. The van der Waals surface area contributed by atoms with Crippen LogP contribution in [0.3, 0.4) is 0 Å². The fourth-order valence-corrected chi connectivity index (χ4v) is 6.16. The molecule has 4 aromatic rings. The van der Waals surface area contributed by atoms with E-state index in [4.69, 9.17) is 18.6 Å². The van der Waals surface area contributed by atoms with Crippen molar-refractivity contribution >= 4 is 17.5 Å². The van der Waals surface area contributed by atoms with Gasteiger partial charge in [0.05, 0.1) is 6.61 Å². The van der Waals surface area contributed by atoms with Gasteiger partial charge < -0.3 is 39.7 Å². The van der Waals surface area contributed by atoms with E-state index in [1.165, 1.54) is 6.26 Å². The summed E-state index contributed by atoms with van der Waals surface area (Å²) in [6, 6.07) is 11.8. The number of para-hydroxylation sites is 1. The number of carbonyl (C=O) groups excluding carboxylic acids is 2.